The van der Waals surface area contributed by atoms with E-state index in [9.17, 15) is 5.11 Å². The van der Waals surface area contributed by atoms with Gasteiger partial charge in [-0.2, -0.15) is 5.10 Å². The summed E-state index contributed by atoms with van der Waals surface area (Å²) in [7, 11) is 1.82. The van der Waals surface area contributed by atoms with Crippen LogP contribution in [0.1, 0.15) is 17.5 Å². The van der Waals surface area contributed by atoms with E-state index in [1.165, 1.54) is 6.33 Å². The molecule has 0 saturated carbocycles. The lowest BCUT2D eigenvalue weighted by atomic mass is 10.1. The highest BCUT2D eigenvalue weighted by atomic mass is 32.1. The largest absolute Gasteiger partial charge is 0.388 e. The number of rotatable bonds is 3. The van der Waals surface area contributed by atoms with Crippen LogP contribution in [0.15, 0.2) is 30.0 Å². The molecule has 1 N–H and O–H groups in total. The average Bonchev–Trinajstić information content (AvgIpc) is 2.98. The van der Waals surface area contributed by atoms with Crippen molar-refractivity contribution in [2.24, 2.45) is 7.05 Å². The lowest BCUT2D eigenvalue weighted by Gasteiger charge is -2.09. The van der Waals surface area contributed by atoms with Crippen molar-refractivity contribution in [2.45, 2.75) is 12.5 Å². The van der Waals surface area contributed by atoms with Gasteiger partial charge in [0.15, 0.2) is 0 Å². The quantitative estimate of drug-likeness (QED) is 0.778. The minimum Gasteiger partial charge on any atom is -0.388 e. The first kappa shape index (κ1) is 11.3. The highest BCUT2D eigenvalue weighted by molar-refractivity contribution is 7.17. The van der Waals surface area contributed by atoms with E-state index in [0.717, 1.165) is 21.6 Å². The van der Waals surface area contributed by atoms with Crippen molar-refractivity contribution in [3.05, 3.63) is 41.4 Å². The predicted molar refractivity (Wildman–Crippen MR) is 69.3 cm³/mol. The molecule has 0 bridgehead atoms. The van der Waals surface area contributed by atoms with Crippen LogP contribution >= 0.6 is 11.3 Å². The second-order valence-corrected chi connectivity index (χ2v) is 5.04. The van der Waals surface area contributed by atoms with Gasteiger partial charge in [0.25, 0.3) is 0 Å². The third-order valence-electron chi connectivity index (χ3n) is 2.89. The third-order valence-corrected chi connectivity index (χ3v) is 3.74. The van der Waals surface area contributed by atoms with Crippen LogP contribution in [-0.2, 0) is 13.5 Å². The first-order valence-electron chi connectivity index (χ1n) is 5.58. The summed E-state index contributed by atoms with van der Waals surface area (Å²) in [5.41, 5.74) is 1.78. The number of hydrogen-bond donors (Lipinski definition) is 1. The lowest BCUT2D eigenvalue weighted by Crippen LogP contribution is -2.07. The molecule has 0 amide bonds. The van der Waals surface area contributed by atoms with Crippen LogP contribution in [0.25, 0.3) is 10.2 Å². The highest BCUT2D eigenvalue weighted by Gasteiger charge is 2.13. The van der Waals surface area contributed by atoms with Gasteiger partial charge in [0.2, 0.25) is 0 Å². The molecule has 1 unspecified atom stereocenters. The Labute approximate surface area is 108 Å². The summed E-state index contributed by atoms with van der Waals surface area (Å²) in [5, 5.41) is 16.2. The maximum atomic E-state index is 10.2. The molecule has 3 aromatic heterocycles. The van der Waals surface area contributed by atoms with Crippen molar-refractivity contribution < 1.29 is 5.11 Å². The van der Waals surface area contributed by atoms with Crippen molar-refractivity contribution in [1.29, 1.82) is 0 Å². The Bertz CT molecular complexity index is 675. The van der Waals surface area contributed by atoms with Crippen LogP contribution in [-0.4, -0.2) is 24.9 Å². The minimum atomic E-state index is -0.605. The second kappa shape index (κ2) is 4.47. The summed E-state index contributed by atoms with van der Waals surface area (Å²) in [6, 6.07) is 3.95. The van der Waals surface area contributed by atoms with E-state index < -0.39 is 6.10 Å². The molecule has 6 heteroatoms. The zero-order chi connectivity index (χ0) is 12.5. The molecule has 0 radical (unpaired) electrons. The van der Waals surface area contributed by atoms with E-state index in [2.05, 4.69) is 15.1 Å². The van der Waals surface area contributed by atoms with Crippen LogP contribution in [0.4, 0.5) is 0 Å². The SMILES string of the molecule is Cn1ncnc1CC(O)c1cnc2ccsc2c1. The molecule has 1 atom stereocenters. The molecule has 0 fully saturated rings. The molecule has 18 heavy (non-hydrogen) atoms. The van der Waals surface area contributed by atoms with E-state index in [4.69, 9.17) is 0 Å². The minimum absolute atomic E-state index is 0.440. The maximum absolute atomic E-state index is 10.2. The zero-order valence-electron chi connectivity index (χ0n) is 9.82. The Morgan fingerprint density at radius 3 is 3.11 bits per heavy atom. The topological polar surface area (TPSA) is 63.8 Å². The summed E-state index contributed by atoms with van der Waals surface area (Å²) >= 11 is 1.62. The Hall–Kier alpha value is -1.79. The van der Waals surface area contributed by atoms with Crippen LogP contribution in [0.2, 0.25) is 0 Å². The molecule has 92 valence electrons. The molecule has 5 nitrogen and oxygen atoms in total. The Morgan fingerprint density at radius 1 is 1.44 bits per heavy atom. The van der Waals surface area contributed by atoms with Gasteiger partial charge in [0.05, 0.1) is 16.3 Å². The van der Waals surface area contributed by atoms with Gasteiger partial charge < -0.3 is 5.11 Å². The number of aliphatic hydroxyl groups excluding tert-OH is 1. The molecule has 0 spiro atoms. The monoisotopic (exact) mass is 260 g/mol. The third kappa shape index (κ3) is 2.00. The number of thiophene rings is 1. The number of aliphatic hydroxyl groups is 1. The summed E-state index contributed by atoms with van der Waals surface area (Å²) < 4.78 is 2.75. The number of nitrogens with zero attached hydrogens (tertiary/aromatic N) is 4. The normalized spacial score (nSPS) is 13.0. The number of fused-ring (bicyclic) bond motifs is 1. The maximum Gasteiger partial charge on any atom is 0.138 e. The Balaban J connectivity index is 1.87. The molecule has 3 heterocycles. The van der Waals surface area contributed by atoms with Gasteiger partial charge in [-0.25, -0.2) is 4.98 Å². The van der Waals surface area contributed by atoms with Gasteiger partial charge in [-0.1, -0.05) is 0 Å². The number of hydrogen-bond acceptors (Lipinski definition) is 5. The summed E-state index contributed by atoms with van der Waals surface area (Å²) in [6.45, 7) is 0. The van der Waals surface area contributed by atoms with Crippen molar-refractivity contribution in [2.75, 3.05) is 0 Å². The number of aromatic nitrogens is 4. The number of pyridine rings is 1. The highest BCUT2D eigenvalue weighted by Crippen LogP contribution is 2.24. The molecule has 3 rings (SSSR count). The first-order valence-corrected chi connectivity index (χ1v) is 6.46. The molecule has 0 aliphatic heterocycles. The Kier molecular flexibility index (Phi) is 2.81. The van der Waals surface area contributed by atoms with E-state index in [1.807, 2.05) is 24.6 Å². The van der Waals surface area contributed by atoms with Gasteiger partial charge >= 0.3 is 0 Å². The molecule has 0 aliphatic carbocycles. The van der Waals surface area contributed by atoms with Crippen LogP contribution in [0.3, 0.4) is 0 Å². The van der Waals surface area contributed by atoms with Crippen LogP contribution in [0, 0.1) is 0 Å². The van der Waals surface area contributed by atoms with E-state index in [1.54, 1.807) is 22.2 Å². The molecule has 0 aliphatic rings. The Morgan fingerprint density at radius 2 is 2.33 bits per heavy atom. The molecular formula is C12H12N4OS. The van der Waals surface area contributed by atoms with Gasteiger partial charge in [-0.05, 0) is 17.5 Å². The smallest absolute Gasteiger partial charge is 0.138 e. The summed E-state index contributed by atoms with van der Waals surface area (Å²) in [6.07, 6.45) is 3.04. The molecular weight excluding hydrogens is 248 g/mol. The predicted octanol–water partition coefficient (Wildman–Crippen LogP) is 1.70. The fourth-order valence-corrected chi connectivity index (χ4v) is 2.63. The average molecular weight is 260 g/mol. The fourth-order valence-electron chi connectivity index (χ4n) is 1.84. The van der Waals surface area contributed by atoms with Crippen molar-refractivity contribution in [1.82, 2.24) is 19.7 Å². The van der Waals surface area contributed by atoms with Crippen molar-refractivity contribution in [3.63, 3.8) is 0 Å². The van der Waals surface area contributed by atoms with E-state index >= 15 is 0 Å². The van der Waals surface area contributed by atoms with Gasteiger partial charge in [0.1, 0.15) is 12.2 Å². The van der Waals surface area contributed by atoms with Crippen molar-refractivity contribution >= 4 is 21.6 Å². The lowest BCUT2D eigenvalue weighted by molar-refractivity contribution is 0.174. The van der Waals surface area contributed by atoms with Crippen LogP contribution < -0.4 is 0 Å². The van der Waals surface area contributed by atoms with Gasteiger partial charge in [0, 0.05) is 25.2 Å². The second-order valence-electron chi connectivity index (χ2n) is 4.09. The number of aryl methyl sites for hydroxylation is 1. The van der Waals surface area contributed by atoms with E-state index in [-0.39, 0.29) is 0 Å². The molecule has 0 aromatic carbocycles. The van der Waals surface area contributed by atoms with Gasteiger partial charge in [-0.15, -0.1) is 11.3 Å². The fraction of sp³-hybridized carbons (Fsp3) is 0.250. The van der Waals surface area contributed by atoms with Crippen molar-refractivity contribution in [3.8, 4) is 0 Å². The van der Waals surface area contributed by atoms with E-state index in [0.29, 0.717) is 6.42 Å². The summed E-state index contributed by atoms with van der Waals surface area (Å²) in [4.78, 5) is 8.43. The van der Waals surface area contributed by atoms with Gasteiger partial charge in [-0.3, -0.25) is 9.67 Å². The molecule has 0 saturated heterocycles. The summed E-state index contributed by atoms with van der Waals surface area (Å²) in [5.74, 6) is 0.758. The zero-order valence-corrected chi connectivity index (χ0v) is 10.6. The first-order chi connectivity index (χ1) is 8.74. The molecule has 3 aromatic rings. The van der Waals surface area contributed by atoms with Crippen LogP contribution in [0.5, 0.6) is 0 Å². The standard InChI is InChI=1S/C12H12N4OS/c1-16-12(14-7-15-16)5-10(17)8-4-11-9(13-6-8)2-3-18-11/h2-4,6-7,10,17H,5H2,1H3.